The van der Waals surface area contributed by atoms with Gasteiger partial charge in [-0.05, 0) is 24.3 Å². The van der Waals surface area contributed by atoms with E-state index in [1.54, 1.807) is 36.4 Å². The smallest absolute Gasteiger partial charge is 0.347 e. The zero-order chi connectivity index (χ0) is 21.7. The first-order valence-corrected chi connectivity index (χ1v) is 8.97. The van der Waals surface area contributed by atoms with Gasteiger partial charge in [0.2, 0.25) is 6.10 Å². The molecule has 30 heavy (non-hydrogen) atoms. The van der Waals surface area contributed by atoms with Crippen LogP contribution in [0.15, 0.2) is 60.7 Å². The average Bonchev–Trinajstić information content (AvgIpc) is 2.96. The van der Waals surface area contributed by atoms with Gasteiger partial charge < -0.3 is 18.9 Å². The topological polar surface area (TPSA) is 88.1 Å². The van der Waals surface area contributed by atoms with Gasteiger partial charge in [0.15, 0.2) is 0 Å². The maximum absolute atomic E-state index is 14.8. The van der Waals surface area contributed by atoms with Gasteiger partial charge in [0.05, 0.1) is 11.1 Å². The highest BCUT2D eigenvalue weighted by atomic mass is 19.3. The zero-order valence-corrected chi connectivity index (χ0v) is 15.8. The van der Waals surface area contributed by atoms with E-state index in [0.717, 1.165) is 6.92 Å². The van der Waals surface area contributed by atoms with Gasteiger partial charge in [-0.1, -0.05) is 36.4 Å². The fourth-order valence-electron chi connectivity index (χ4n) is 2.81. The molecule has 0 saturated carbocycles. The summed E-state index contributed by atoms with van der Waals surface area (Å²) in [7, 11) is 0. The molecular formula is C21H18F2O7. The Bertz CT molecular complexity index is 902. The predicted molar refractivity (Wildman–Crippen MR) is 97.7 cm³/mol. The molecule has 0 bridgehead atoms. The summed E-state index contributed by atoms with van der Waals surface area (Å²) in [6.45, 7) is 0.293. The lowest BCUT2D eigenvalue weighted by molar-refractivity contribution is -0.222. The fraction of sp³-hybridized carbons (Fsp3) is 0.286. The Balaban J connectivity index is 1.76. The van der Waals surface area contributed by atoms with Crippen molar-refractivity contribution in [3.63, 3.8) is 0 Å². The van der Waals surface area contributed by atoms with Crippen LogP contribution in [0.2, 0.25) is 0 Å². The quantitative estimate of drug-likeness (QED) is 0.524. The number of benzene rings is 2. The van der Waals surface area contributed by atoms with Crippen LogP contribution >= 0.6 is 0 Å². The van der Waals surface area contributed by atoms with Crippen molar-refractivity contribution in [1.29, 1.82) is 0 Å². The van der Waals surface area contributed by atoms with Crippen molar-refractivity contribution in [3.8, 4) is 0 Å². The number of hydrogen-bond donors (Lipinski definition) is 0. The highest BCUT2D eigenvalue weighted by Crippen LogP contribution is 2.39. The molecule has 3 atom stereocenters. The molecule has 1 saturated heterocycles. The second-order valence-electron chi connectivity index (χ2n) is 6.45. The van der Waals surface area contributed by atoms with Gasteiger partial charge in [-0.2, -0.15) is 8.78 Å². The molecule has 3 rings (SSSR count). The van der Waals surface area contributed by atoms with Crippen LogP contribution in [0.1, 0.15) is 27.6 Å². The van der Waals surface area contributed by atoms with Gasteiger partial charge in [0.25, 0.3) is 6.29 Å². The minimum absolute atomic E-state index is 0.0456. The van der Waals surface area contributed by atoms with Crippen LogP contribution in [-0.2, 0) is 23.7 Å². The number of halogens is 2. The predicted octanol–water partition coefficient (Wildman–Crippen LogP) is 2.99. The normalized spacial score (nSPS) is 22.2. The van der Waals surface area contributed by atoms with Gasteiger partial charge in [0, 0.05) is 6.92 Å². The standard InChI is InChI=1S/C21H18F2O7/c1-13(24)28-20-21(22,23)17(30-19(26)15-10-6-3-7-11-15)16(29-20)12-27-18(25)14-8-4-2-5-9-14/h2-11,16-17,20H,12H2,1H3/t16-,17+,20?/m1/s1. The third-order valence-corrected chi connectivity index (χ3v) is 4.23. The highest BCUT2D eigenvalue weighted by Gasteiger charge is 2.63. The van der Waals surface area contributed by atoms with Crippen LogP contribution in [-0.4, -0.2) is 48.9 Å². The van der Waals surface area contributed by atoms with Crippen molar-refractivity contribution in [2.24, 2.45) is 0 Å². The summed E-state index contributed by atoms with van der Waals surface area (Å²) in [6, 6.07) is 15.4. The van der Waals surface area contributed by atoms with E-state index < -0.39 is 48.9 Å². The molecule has 1 aliphatic rings. The maximum atomic E-state index is 14.8. The van der Waals surface area contributed by atoms with Crippen LogP contribution in [0, 0.1) is 0 Å². The molecular weight excluding hydrogens is 402 g/mol. The third kappa shape index (κ3) is 4.80. The first-order chi connectivity index (χ1) is 14.3. The summed E-state index contributed by atoms with van der Waals surface area (Å²) in [5, 5.41) is 0. The molecule has 0 spiro atoms. The van der Waals surface area contributed by atoms with E-state index in [2.05, 4.69) is 4.74 Å². The van der Waals surface area contributed by atoms with E-state index in [9.17, 15) is 23.2 Å². The largest absolute Gasteiger partial charge is 0.459 e. The van der Waals surface area contributed by atoms with E-state index in [4.69, 9.17) is 14.2 Å². The lowest BCUT2D eigenvalue weighted by Gasteiger charge is -2.23. The van der Waals surface area contributed by atoms with Gasteiger partial charge in [0.1, 0.15) is 12.7 Å². The molecule has 0 amide bonds. The minimum Gasteiger partial charge on any atom is -0.459 e. The Morgan fingerprint density at radius 2 is 1.43 bits per heavy atom. The van der Waals surface area contributed by atoms with E-state index >= 15 is 0 Å². The minimum atomic E-state index is -3.86. The Labute approximate surface area is 170 Å². The molecule has 0 aromatic heterocycles. The number of carbonyl (C=O) groups excluding carboxylic acids is 3. The molecule has 2 aromatic rings. The molecule has 2 aromatic carbocycles. The van der Waals surface area contributed by atoms with E-state index in [1.807, 2.05) is 0 Å². The molecule has 1 aliphatic heterocycles. The van der Waals surface area contributed by atoms with Gasteiger partial charge in [-0.3, -0.25) is 4.79 Å². The molecule has 0 radical (unpaired) electrons. The molecule has 9 heteroatoms. The second kappa shape index (κ2) is 9.00. The van der Waals surface area contributed by atoms with Crippen molar-refractivity contribution in [3.05, 3.63) is 71.8 Å². The summed E-state index contributed by atoms with van der Waals surface area (Å²) in [4.78, 5) is 35.6. The number of ether oxygens (including phenoxy) is 4. The van der Waals surface area contributed by atoms with Crippen molar-refractivity contribution in [1.82, 2.24) is 0 Å². The second-order valence-corrected chi connectivity index (χ2v) is 6.45. The molecule has 0 aliphatic carbocycles. The van der Waals surface area contributed by atoms with Crippen molar-refractivity contribution in [2.75, 3.05) is 6.61 Å². The molecule has 158 valence electrons. The molecule has 1 heterocycles. The maximum Gasteiger partial charge on any atom is 0.347 e. The number of hydrogen-bond acceptors (Lipinski definition) is 7. The van der Waals surface area contributed by atoms with Crippen molar-refractivity contribution < 1.29 is 42.1 Å². The Morgan fingerprint density at radius 3 is 1.97 bits per heavy atom. The summed E-state index contributed by atoms with van der Waals surface area (Å²) in [6.07, 6.45) is -5.98. The van der Waals surface area contributed by atoms with E-state index in [-0.39, 0.29) is 11.1 Å². The SMILES string of the molecule is CC(=O)OC1O[C@H](COC(=O)c2ccccc2)[C@H](OC(=O)c2ccccc2)C1(F)F. The summed E-state index contributed by atoms with van der Waals surface area (Å²) in [5.74, 6) is -6.66. The summed E-state index contributed by atoms with van der Waals surface area (Å²) in [5.41, 5.74) is 0.251. The molecule has 1 fully saturated rings. The first-order valence-electron chi connectivity index (χ1n) is 8.97. The van der Waals surface area contributed by atoms with Gasteiger partial charge >= 0.3 is 23.8 Å². The molecule has 1 unspecified atom stereocenters. The Morgan fingerprint density at radius 1 is 0.900 bits per heavy atom. The van der Waals surface area contributed by atoms with Crippen LogP contribution in [0.4, 0.5) is 8.78 Å². The fourth-order valence-corrected chi connectivity index (χ4v) is 2.81. The van der Waals surface area contributed by atoms with Crippen LogP contribution in [0.5, 0.6) is 0 Å². The number of carbonyl (C=O) groups is 3. The van der Waals surface area contributed by atoms with Crippen LogP contribution < -0.4 is 0 Å². The monoisotopic (exact) mass is 420 g/mol. The van der Waals surface area contributed by atoms with Gasteiger partial charge in [-0.15, -0.1) is 0 Å². The Hall–Kier alpha value is -3.33. The molecule has 0 N–H and O–H groups in total. The van der Waals surface area contributed by atoms with Gasteiger partial charge in [-0.25, -0.2) is 9.59 Å². The lowest BCUT2D eigenvalue weighted by Crippen LogP contribution is -2.45. The zero-order valence-electron chi connectivity index (χ0n) is 15.8. The summed E-state index contributed by atoms with van der Waals surface area (Å²) >= 11 is 0. The van der Waals surface area contributed by atoms with E-state index in [0.29, 0.717) is 0 Å². The van der Waals surface area contributed by atoms with Crippen LogP contribution in [0.3, 0.4) is 0 Å². The average molecular weight is 420 g/mol. The first kappa shape index (κ1) is 21.4. The highest BCUT2D eigenvalue weighted by molar-refractivity contribution is 5.90. The number of rotatable bonds is 6. The lowest BCUT2D eigenvalue weighted by atomic mass is 10.1. The van der Waals surface area contributed by atoms with Crippen molar-refractivity contribution >= 4 is 17.9 Å². The summed E-state index contributed by atoms with van der Waals surface area (Å²) < 4.78 is 49.2. The third-order valence-electron chi connectivity index (χ3n) is 4.23. The number of esters is 3. The van der Waals surface area contributed by atoms with Crippen molar-refractivity contribution in [2.45, 2.75) is 31.3 Å². The molecule has 7 nitrogen and oxygen atoms in total. The van der Waals surface area contributed by atoms with Crippen LogP contribution in [0.25, 0.3) is 0 Å². The van der Waals surface area contributed by atoms with E-state index in [1.165, 1.54) is 24.3 Å². The number of alkyl halides is 2. The Kier molecular flexibility index (Phi) is 6.41.